The zero-order chi connectivity index (χ0) is 11.8. The maximum absolute atomic E-state index is 11.6. The molecule has 1 heterocycles. The highest BCUT2D eigenvalue weighted by Crippen LogP contribution is 2.11. The second kappa shape index (κ2) is 7.00. The molecule has 0 spiro atoms. The minimum atomic E-state index is -0.0135. The van der Waals surface area contributed by atoms with Gasteiger partial charge in [-0.05, 0) is 25.8 Å². The molecule has 16 heavy (non-hydrogen) atoms. The third-order valence-corrected chi connectivity index (χ3v) is 2.45. The Hall–Kier alpha value is -1.36. The number of hydrogen-bond donors (Lipinski definition) is 3. The number of aromatic nitrogens is 2. The van der Waals surface area contributed by atoms with E-state index in [-0.39, 0.29) is 11.9 Å². The van der Waals surface area contributed by atoms with E-state index in [1.807, 2.05) is 6.92 Å². The van der Waals surface area contributed by atoms with Gasteiger partial charge in [-0.25, -0.2) is 4.98 Å². The molecule has 0 saturated heterocycles. The molecule has 90 valence electrons. The molecule has 1 amide bonds. The number of hydrogen-bond acceptors (Lipinski definition) is 3. The van der Waals surface area contributed by atoms with Crippen molar-refractivity contribution in [2.75, 3.05) is 6.54 Å². The lowest BCUT2D eigenvalue weighted by atomic mass is 10.2. The summed E-state index contributed by atoms with van der Waals surface area (Å²) in [5, 5.41) is 2.95. The number of unbranched alkanes of at least 4 members (excludes halogenated alkanes) is 1. The van der Waals surface area contributed by atoms with E-state index in [2.05, 4.69) is 15.3 Å². The Balaban J connectivity index is 2.36. The zero-order valence-electron chi connectivity index (χ0n) is 9.70. The van der Waals surface area contributed by atoms with E-state index in [0.717, 1.165) is 25.1 Å². The Labute approximate surface area is 95.8 Å². The molecule has 0 aliphatic rings. The van der Waals surface area contributed by atoms with Crippen molar-refractivity contribution in [3.8, 4) is 0 Å². The van der Waals surface area contributed by atoms with Crippen LogP contribution in [0.2, 0.25) is 0 Å². The van der Waals surface area contributed by atoms with Crippen molar-refractivity contribution in [3.05, 3.63) is 18.2 Å². The van der Waals surface area contributed by atoms with Crippen LogP contribution in [0, 0.1) is 0 Å². The lowest BCUT2D eigenvalue weighted by Gasteiger charge is -2.14. The molecule has 1 aromatic rings. The summed E-state index contributed by atoms with van der Waals surface area (Å²) in [7, 11) is 0. The highest BCUT2D eigenvalue weighted by molar-refractivity contribution is 5.76. The van der Waals surface area contributed by atoms with E-state index >= 15 is 0 Å². The van der Waals surface area contributed by atoms with E-state index in [0.29, 0.717) is 13.0 Å². The average Bonchev–Trinajstić information content (AvgIpc) is 2.79. The van der Waals surface area contributed by atoms with Crippen molar-refractivity contribution in [3.63, 3.8) is 0 Å². The summed E-state index contributed by atoms with van der Waals surface area (Å²) in [5.41, 5.74) is 5.37. The standard InChI is InChI=1S/C11H20N4O/c1-2-9(11-13-7-8-14-11)15-10(16)5-3-4-6-12/h7-9H,2-6,12H2,1H3,(H,13,14)(H,15,16). The second-order valence-electron chi connectivity index (χ2n) is 3.75. The number of nitrogens with zero attached hydrogens (tertiary/aromatic N) is 1. The van der Waals surface area contributed by atoms with Crippen LogP contribution in [0.25, 0.3) is 0 Å². The molecule has 4 N–H and O–H groups in total. The van der Waals surface area contributed by atoms with Gasteiger partial charge in [-0.1, -0.05) is 6.92 Å². The predicted octanol–water partition coefficient (Wildman–Crippen LogP) is 1.11. The largest absolute Gasteiger partial charge is 0.347 e. The summed E-state index contributed by atoms with van der Waals surface area (Å²) in [4.78, 5) is 18.8. The molecule has 0 aliphatic heterocycles. The Morgan fingerprint density at radius 1 is 1.62 bits per heavy atom. The summed E-state index contributed by atoms with van der Waals surface area (Å²) in [6, 6.07) is -0.0135. The third-order valence-electron chi connectivity index (χ3n) is 2.45. The molecule has 1 aromatic heterocycles. The minimum Gasteiger partial charge on any atom is -0.347 e. The molecular formula is C11H20N4O. The molecule has 5 heteroatoms. The van der Waals surface area contributed by atoms with Crippen molar-refractivity contribution in [2.45, 2.75) is 38.6 Å². The number of aromatic amines is 1. The molecule has 5 nitrogen and oxygen atoms in total. The van der Waals surface area contributed by atoms with Gasteiger partial charge < -0.3 is 16.0 Å². The van der Waals surface area contributed by atoms with Gasteiger partial charge in [0.15, 0.2) is 0 Å². The first-order valence-electron chi connectivity index (χ1n) is 5.76. The molecule has 0 aromatic carbocycles. The average molecular weight is 224 g/mol. The van der Waals surface area contributed by atoms with Crippen LogP contribution in [0.1, 0.15) is 44.5 Å². The van der Waals surface area contributed by atoms with Crippen LogP contribution >= 0.6 is 0 Å². The van der Waals surface area contributed by atoms with Crippen LogP contribution < -0.4 is 11.1 Å². The summed E-state index contributed by atoms with van der Waals surface area (Å²) < 4.78 is 0. The SMILES string of the molecule is CCC(NC(=O)CCCCN)c1ncc[nH]1. The Morgan fingerprint density at radius 2 is 2.44 bits per heavy atom. The van der Waals surface area contributed by atoms with Crippen molar-refractivity contribution in [2.24, 2.45) is 5.73 Å². The fourth-order valence-corrected chi connectivity index (χ4v) is 1.53. The molecule has 0 fully saturated rings. The monoisotopic (exact) mass is 224 g/mol. The number of carbonyl (C=O) groups excluding carboxylic acids is 1. The van der Waals surface area contributed by atoms with E-state index in [4.69, 9.17) is 5.73 Å². The maximum Gasteiger partial charge on any atom is 0.220 e. The normalized spacial score (nSPS) is 12.4. The number of nitrogens with two attached hydrogens (primary N) is 1. The molecule has 0 bridgehead atoms. The number of H-pyrrole nitrogens is 1. The Morgan fingerprint density at radius 3 is 3.00 bits per heavy atom. The first-order chi connectivity index (χ1) is 7.77. The fraction of sp³-hybridized carbons (Fsp3) is 0.636. The summed E-state index contributed by atoms with van der Waals surface area (Å²) >= 11 is 0. The number of carbonyl (C=O) groups is 1. The molecule has 0 saturated carbocycles. The van der Waals surface area contributed by atoms with Gasteiger partial charge in [-0.3, -0.25) is 4.79 Å². The van der Waals surface area contributed by atoms with Gasteiger partial charge in [-0.15, -0.1) is 0 Å². The summed E-state index contributed by atoms with van der Waals surface area (Å²) in [6.07, 6.45) is 6.56. The highest BCUT2D eigenvalue weighted by Gasteiger charge is 2.13. The van der Waals surface area contributed by atoms with E-state index in [9.17, 15) is 4.79 Å². The van der Waals surface area contributed by atoms with Gasteiger partial charge >= 0.3 is 0 Å². The smallest absolute Gasteiger partial charge is 0.220 e. The predicted molar refractivity (Wildman–Crippen MR) is 62.7 cm³/mol. The zero-order valence-corrected chi connectivity index (χ0v) is 9.70. The Kier molecular flexibility index (Phi) is 5.56. The van der Waals surface area contributed by atoms with Crippen LogP contribution in [0.4, 0.5) is 0 Å². The van der Waals surface area contributed by atoms with Crippen LogP contribution in [-0.2, 0) is 4.79 Å². The van der Waals surface area contributed by atoms with Gasteiger partial charge in [0.25, 0.3) is 0 Å². The summed E-state index contributed by atoms with van der Waals surface area (Å²) in [6.45, 7) is 2.66. The summed E-state index contributed by atoms with van der Waals surface area (Å²) in [5.74, 6) is 0.881. The van der Waals surface area contributed by atoms with Crippen LogP contribution in [0.5, 0.6) is 0 Å². The molecule has 0 radical (unpaired) electrons. The van der Waals surface area contributed by atoms with E-state index in [1.165, 1.54) is 0 Å². The first kappa shape index (κ1) is 12.7. The minimum absolute atomic E-state index is 0.0135. The Bertz CT molecular complexity index is 297. The fourth-order valence-electron chi connectivity index (χ4n) is 1.53. The molecule has 1 rings (SSSR count). The van der Waals surface area contributed by atoms with Crippen molar-refractivity contribution in [1.82, 2.24) is 15.3 Å². The van der Waals surface area contributed by atoms with Crippen molar-refractivity contribution in [1.29, 1.82) is 0 Å². The number of imidazole rings is 1. The van der Waals surface area contributed by atoms with Crippen LogP contribution in [0.3, 0.4) is 0 Å². The van der Waals surface area contributed by atoms with E-state index < -0.39 is 0 Å². The van der Waals surface area contributed by atoms with Crippen LogP contribution in [0.15, 0.2) is 12.4 Å². The molecule has 1 atom stereocenters. The number of amides is 1. The maximum atomic E-state index is 11.6. The highest BCUT2D eigenvalue weighted by atomic mass is 16.1. The quantitative estimate of drug-likeness (QED) is 0.606. The third kappa shape index (κ3) is 4.02. The van der Waals surface area contributed by atoms with Gasteiger partial charge in [0.1, 0.15) is 5.82 Å². The number of rotatable bonds is 7. The second-order valence-corrected chi connectivity index (χ2v) is 3.75. The first-order valence-corrected chi connectivity index (χ1v) is 5.76. The van der Waals surface area contributed by atoms with Crippen molar-refractivity contribution >= 4 is 5.91 Å². The van der Waals surface area contributed by atoms with Crippen molar-refractivity contribution < 1.29 is 4.79 Å². The number of nitrogens with one attached hydrogen (secondary N) is 2. The van der Waals surface area contributed by atoms with Gasteiger partial charge in [0.2, 0.25) is 5.91 Å². The lowest BCUT2D eigenvalue weighted by molar-refractivity contribution is -0.122. The molecule has 0 aliphatic carbocycles. The van der Waals surface area contributed by atoms with Gasteiger partial charge in [0, 0.05) is 18.8 Å². The molecular weight excluding hydrogens is 204 g/mol. The van der Waals surface area contributed by atoms with E-state index in [1.54, 1.807) is 12.4 Å². The van der Waals surface area contributed by atoms with Crippen LogP contribution in [-0.4, -0.2) is 22.4 Å². The topological polar surface area (TPSA) is 83.8 Å². The van der Waals surface area contributed by atoms with Gasteiger partial charge in [-0.2, -0.15) is 0 Å². The molecule has 1 unspecified atom stereocenters. The van der Waals surface area contributed by atoms with Gasteiger partial charge in [0.05, 0.1) is 6.04 Å². The lowest BCUT2D eigenvalue weighted by Crippen LogP contribution is -2.28.